The van der Waals surface area contributed by atoms with Gasteiger partial charge in [0, 0.05) is 23.4 Å². The van der Waals surface area contributed by atoms with Gasteiger partial charge in [-0.1, -0.05) is 12.0 Å². The van der Waals surface area contributed by atoms with Crippen molar-refractivity contribution in [3.8, 4) is 12.3 Å². The van der Waals surface area contributed by atoms with Crippen molar-refractivity contribution in [3.05, 3.63) is 29.8 Å². The number of rotatable bonds is 2. The molecule has 0 saturated carbocycles. The molecule has 5 heteroatoms. The molecule has 4 nitrogen and oxygen atoms in total. The van der Waals surface area contributed by atoms with Gasteiger partial charge in [-0.25, -0.2) is 0 Å². The molecule has 0 spiro atoms. The zero-order chi connectivity index (χ0) is 15.0. The number of carbonyl (C=O) groups is 2. The Morgan fingerprint density at radius 1 is 1.57 bits per heavy atom. The van der Waals surface area contributed by atoms with Crippen LogP contribution in [0.25, 0.3) is 0 Å². The van der Waals surface area contributed by atoms with E-state index in [2.05, 4.69) is 11.2 Å². The highest BCUT2D eigenvalue weighted by molar-refractivity contribution is 8.01. The van der Waals surface area contributed by atoms with Crippen molar-refractivity contribution in [2.24, 2.45) is 0 Å². The maximum atomic E-state index is 12.5. The highest BCUT2D eigenvalue weighted by Gasteiger charge is 2.52. The molecule has 21 heavy (non-hydrogen) atoms. The lowest BCUT2D eigenvalue weighted by Crippen LogP contribution is -2.48. The van der Waals surface area contributed by atoms with Gasteiger partial charge in [0.15, 0.2) is 0 Å². The first-order valence-electron chi connectivity index (χ1n) is 6.87. The lowest BCUT2D eigenvalue weighted by molar-refractivity contribution is -0.135. The number of fused-ring (bicyclic) bond motifs is 1. The summed E-state index contributed by atoms with van der Waals surface area (Å²) >= 11 is 1.69. The predicted octanol–water partition coefficient (Wildman–Crippen LogP) is 2.06. The van der Waals surface area contributed by atoms with Gasteiger partial charge in [-0.15, -0.1) is 18.2 Å². The summed E-state index contributed by atoms with van der Waals surface area (Å²) in [5.41, 5.74) is 1.39. The second kappa shape index (κ2) is 5.12. The predicted molar refractivity (Wildman–Crippen MR) is 83.7 cm³/mol. The Kier molecular flexibility index (Phi) is 3.42. The van der Waals surface area contributed by atoms with E-state index in [0.717, 1.165) is 12.0 Å². The Bertz CT molecular complexity index is 652. The van der Waals surface area contributed by atoms with Crippen LogP contribution in [0.15, 0.2) is 24.3 Å². The molecular weight excluding hydrogens is 284 g/mol. The van der Waals surface area contributed by atoms with E-state index in [1.54, 1.807) is 34.9 Å². The van der Waals surface area contributed by atoms with Crippen LogP contribution < -0.4 is 5.32 Å². The van der Waals surface area contributed by atoms with Gasteiger partial charge in [0.1, 0.15) is 6.04 Å². The Balaban J connectivity index is 1.77. The second-order valence-electron chi connectivity index (χ2n) is 5.48. The summed E-state index contributed by atoms with van der Waals surface area (Å²) in [4.78, 5) is 26.0. The molecule has 1 aromatic rings. The first-order chi connectivity index (χ1) is 10.0. The molecule has 0 aliphatic carbocycles. The van der Waals surface area contributed by atoms with Crippen molar-refractivity contribution in [1.29, 1.82) is 0 Å². The molecule has 0 bridgehead atoms. The number of terminal acetylenes is 1. The Morgan fingerprint density at radius 3 is 3.14 bits per heavy atom. The zero-order valence-electron chi connectivity index (χ0n) is 11.8. The fraction of sp³-hybridized carbons (Fsp3) is 0.375. The normalized spacial score (nSPS) is 27.3. The van der Waals surface area contributed by atoms with Crippen LogP contribution in [-0.4, -0.2) is 33.4 Å². The van der Waals surface area contributed by atoms with Crippen LogP contribution in [0.4, 0.5) is 5.69 Å². The van der Waals surface area contributed by atoms with Gasteiger partial charge in [-0.05, 0) is 31.5 Å². The first kappa shape index (κ1) is 14.0. The zero-order valence-corrected chi connectivity index (χ0v) is 12.6. The number of benzene rings is 1. The summed E-state index contributed by atoms with van der Waals surface area (Å²) in [6, 6.07) is 6.77. The average Bonchev–Trinajstić information content (AvgIpc) is 2.96. The van der Waals surface area contributed by atoms with Gasteiger partial charge in [0.05, 0.1) is 4.87 Å². The highest BCUT2D eigenvalue weighted by Crippen LogP contribution is 2.47. The largest absolute Gasteiger partial charge is 0.324 e. The third kappa shape index (κ3) is 2.40. The van der Waals surface area contributed by atoms with Crippen LogP contribution in [0.1, 0.15) is 25.3 Å². The van der Waals surface area contributed by atoms with Crippen molar-refractivity contribution in [2.75, 3.05) is 11.1 Å². The van der Waals surface area contributed by atoms with Crippen LogP contribution in [0.2, 0.25) is 0 Å². The number of thioether (sulfide) groups is 1. The van der Waals surface area contributed by atoms with Gasteiger partial charge in [-0.2, -0.15) is 0 Å². The first-order valence-corrected chi connectivity index (χ1v) is 7.86. The molecule has 2 amide bonds. The number of nitrogens with one attached hydrogen (secondary N) is 1. The summed E-state index contributed by atoms with van der Waals surface area (Å²) in [6.07, 6.45) is 6.70. The maximum Gasteiger partial charge on any atom is 0.248 e. The Hall–Kier alpha value is -1.93. The molecule has 1 N–H and O–H groups in total. The third-order valence-corrected chi connectivity index (χ3v) is 5.55. The van der Waals surface area contributed by atoms with Crippen LogP contribution in [0, 0.1) is 12.3 Å². The number of amides is 2. The minimum Gasteiger partial charge on any atom is -0.324 e. The number of carbonyl (C=O) groups excluding carboxylic acids is 2. The molecule has 0 aromatic heterocycles. The molecule has 2 atom stereocenters. The van der Waals surface area contributed by atoms with Gasteiger partial charge in [-0.3, -0.25) is 9.59 Å². The van der Waals surface area contributed by atoms with Crippen LogP contribution in [0.5, 0.6) is 0 Å². The molecule has 2 heterocycles. The van der Waals surface area contributed by atoms with Crippen molar-refractivity contribution in [3.63, 3.8) is 0 Å². The van der Waals surface area contributed by atoms with E-state index in [4.69, 9.17) is 6.42 Å². The number of hydrogen-bond donors (Lipinski definition) is 1. The van der Waals surface area contributed by atoms with Gasteiger partial charge >= 0.3 is 0 Å². The summed E-state index contributed by atoms with van der Waals surface area (Å²) in [7, 11) is 0. The fourth-order valence-electron chi connectivity index (χ4n) is 2.93. The summed E-state index contributed by atoms with van der Waals surface area (Å²) < 4.78 is 0. The van der Waals surface area contributed by atoms with E-state index in [9.17, 15) is 9.59 Å². The average molecular weight is 300 g/mol. The smallest absolute Gasteiger partial charge is 0.248 e. The number of anilines is 1. The van der Waals surface area contributed by atoms with Crippen molar-refractivity contribution in [1.82, 2.24) is 4.90 Å². The van der Waals surface area contributed by atoms with Gasteiger partial charge in [0.2, 0.25) is 11.8 Å². The molecule has 2 aliphatic heterocycles. The van der Waals surface area contributed by atoms with Crippen molar-refractivity contribution >= 4 is 29.3 Å². The van der Waals surface area contributed by atoms with E-state index < -0.39 is 6.04 Å². The second-order valence-corrected chi connectivity index (χ2v) is 6.98. The third-order valence-electron chi connectivity index (χ3n) is 4.04. The standard InChI is InChI=1S/C16H16N2O2S/c1-3-11-5-4-6-12(9-11)17-15(20)13-10-21-16(2)8-7-14(19)18(13)16/h1,4-6,9,13H,7-8,10H2,2H3,(H,17,20)/t13-,16-/m1/s1. The fourth-order valence-corrected chi connectivity index (χ4v) is 4.36. The van der Waals surface area contributed by atoms with Crippen LogP contribution >= 0.6 is 11.8 Å². The van der Waals surface area contributed by atoms with E-state index in [0.29, 0.717) is 17.9 Å². The summed E-state index contributed by atoms with van der Waals surface area (Å²) in [5.74, 6) is 3.11. The Morgan fingerprint density at radius 2 is 2.38 bits per heavy atom. The molecule has 1 aromatic carbocycles. The van der Waals surface area contributed by atoms with Crippen molar-refractivity contribution in [2.45, 2.75) is 30.7 Å². The molecule has 2 aliphatic rings. The molecule has 108 valence electrons. The summed E-state index contributed by atoms with van der Waals surface area (Å²) in [6.45, 7) is 2.04. The van der Waals surface area contributed by atoms with Gasteiger partial charge < -0.3 is 10.2 Å². The van der Waals surface area contributed by atoms with Gasteiger partial charge in [0.25, 0.3) is 0 Å². The van der Waals surface area contributed by atoms with Crippen LogP contribution in [-0.2, 0) is 9.59 Å². The quantitative estimate of drug-likeness (QED) is 0.851. The SMILES string of the molecule is C#Cc1cccc(NC(=O)[C@H]2CS[C@]3(C)CCC(=O)N23)c1. The highest BCUT2D eigenvalue weighted by atomic mass is 32.2. The minimum absolute atomic E-state index is 0.0695. The molecule has 0 radical (unpaired) electrons. The van der Waals surface area contributed by atoms with Crippen molar-refractivity contribution < 1.29 is 9.59 Å². The van der Waals surface area contributed by atoms with E-state index in [-0.39, 0.29) is 16.7 Å². The molecule has 0 unspecified atom stereocenters. The van der Waals surface area contributed by atoms with E-state index >= 15 is 0 Å². The molecule has 2 saturated heterocycles. The monoisotopic (exact) mass is 300 g/mol. The number of nitrogens with zero attached hydrogens (tertiary/aromatic N) is 1. The van der Waals surface area contributed by atoms with E-state index in [1.807, 2.05) is 13.0 Å². The van der Waals surface area contributed by atoms with E-state index in [1.165, 1.54) is 0 Å². The molecule has 3 rings (SSSR count). The molecule has 2 fully saturated rings. The lowest BCUT2D eigenvalue weighted by Gasteiger charge is -2.29. The topological polar surface area (TPSA) is 49.4 Å². The minimum atomic E-state index is -0.399. The lowest BCUT2D eigenvalue weighted by atomic mass is 10.2. The number of hydrogen-bond acceptors (Lipinski definition) is 3. The Labute approximate surface area is 128 Å². The maximum absolute atomic E-state index is 12.5. The van der Waals surface area contributed by atoms with Crippen LogP contribution in [0.3, 0.4) is 0 Å². The molecular formula is C16H16N2O2S. The summed E-state index contributed by atoms with van der Waals surface area (Å²) in [5, 5.41) is 2.87.